The molecule has 0 saturated carbocycles. The Labute approximate surface area is 359 Å². The number of aromatic nitrogens is 2. The van der Waals surface area contributed by atoms with E-state index in [1.54, 1.807) is 41.7 Å². The van der Waals surface area contributed by atoms with Crippen molar-refractivity contribution in [2.75, 3.05) is 57.3 Å². The fourth-order valence-corrected chi connectivity index (χ4v) is 8.70. The normalized spacial score (nSPS) is 18.5. The number of hydrogen-bond acceptors (Lipinski definition) is 9. The first-order valence-electron chi connectivity index (χ1n) is 22.2. The number of unbranched alkanes of at least 4 members (excludes halogenated alkanes) is 5. The Morgan fingerprint density at radius 2 is 1.72 bits per heavy atom. The van der Waals surface area contributed by atoms with Crippen molar-refractivity contribution in [1.82, 2.24) is 35.3 Å². The van der Waals surface area contributed by atoms with Crippen LogP contribution in [0.5, 0.6) is 0 Å². The Bertz CT molecular complexity index is 2100. The molecule has 1 unspecified atom stereocenters. The fraction of sp³-hybridized carbons (Fsp3) is 0.479. The van der Waals surface area contributed by atoms with Crippen molar-refractivity contribution in [3.63, 3.8) is 0 Å². The molecule has 13 nitrogen and oxygen atoms in total. The molecule has 4 aliphatic rings. The summed E-state index contributed by atoms with van der Waals surface area (Å²) in [6.07, 6.45) is 19.6. The van der Waals surface area contributed by atoms with Crippen molar-refractivity contribution in [3.8, 4) is 11.8 Å². The summed E-state index contributed by atoms with van der Waals surface area (Å²) in [5, 5.41) is 5.31. The molecule has 3 fully saturated rings. The van der Waals surface area contributed by atoms with Crippen LogP contribution >= 0.6 is 0 Å². The molecule has 0 aliphatic carbocycles. The molecule has 0 radical (unpaired) electrons. The molecule has 5 amide bonds. The largest absolute Gasteiger partial charge is 0.354 e. The van der Waals surface area contributed by atoms with Gasteiger partial charge in [0.15, 0.2) is 0 Å². The van der Waals surface area contributed by atoms with Crippen LogP contribution in [-0.2, 0) is 20.9 Å². The second-order valence-electron chi connectivity index (χ2n) is 16.6. The number of likely N-dealkylation sites (tertiary alicyclic amines) is 1. The van der Waals surface area contributed by atoms with Crippen molar-refractivity contribution >= 4 is 41.4 Å². The Morgan fingerprint density at radius 1 is 0.885 bits per heavy atom. The summed E-state index contributed by atoms with van der Waals surface area (Å²) in [6, 6.07) is 12.7. The molecule has 2 N–H and O–H groups in total. The molecule has 0 bridgehead atoms. The van der Waals surface area contributed by atoms with Crippen LogP contribution in [0.25, 0.3) is 6.08 Å². The van der Waals surface area contributed by atoms with E-state index in [1.807, 2.05) is 41.3 Å². The Hall–Kier alpha value is -5.87. The van der Waals surface area contributed by atoms with Gasteiger partial charge in [0.1, 0.15) is 11.9 Å². The summed E-state index contributed by atoms with van der Waals surface area (Å²) >= 11 is 0. The summed E-state index contributed by atoms with van der Waals surface area (Å²) in [5.41, 5.74) is 3.91. The molecule has 6 heterocycles. The minimum atomic E-state index is -0.608. The van der Waals surface area contributed by atoms with Crippen LogP contribution in [0.4, 0.5) is 5.82 Å². The van der Waals surface area contributed by atoms with E-state index in [0.717, 1.165) is 126 Å². The molecule has 61 heavy (non-hydrogen) atoms. The molecular formula is C48H58N8O5. The number of pyridine rings is 2. The third kappa shape index (κ3) is 12.1. The van der Waals surface area contributed by atoms with E-state index in [-0.39, 0.29) is 30.0 Å². The number of piperidine rings is 2. The molecule has 13 heteroatoms. The van der Waals surface area contributed by atoms with Crippen molar-refractivity contribution in [2.45, 2.75) is 89.6 Å². The first-order valence-corrected chi connectivity index (χ1v) is 22.2. The van der Waals surface area contributed by atoms with Crippen LogP contribution in [0.3, 0.4) is 0 Å². The summed E-state index contributed by atoms with van der Waals surface area (Å²) < 4.78 is 0. The third-order valence-corrected chi connectivity index (χ3v) is 12.3. The van der Waals surface area contributed by atoms with Crippen molar-refractivity contribution in [3.05, 3.63) is 94.9 Å². The summed E-state index contributed by atoms with van der Waals surface area (Å²) in [7, 11) is 0. The average Bonchev–Trinajstić information content (AvgIpc) is 3.61. The van der Waals surface area contributed by atoms with Gasteiger partial charge in [-0.15, -0.1) is 0 Å². The maximum absolute atomic E-state index is 13.3. The number of fused-ring (bicyclic) bond motifs is 1. The number of imide groups is 1. The van der Waals surface area contributed by atoms with E-state index in [9.17, 15) is 24.0 Å². The van der Waals surface area contributed by atoms with E-state index < -0.39 is 11.9 Å². The van der Waals surface area contributed by atoms with Gasteiger partial charge in [0.05, 0.1) is 5.56 Å². The van der Waals surface area contributed by atoms with Crippen molar-refractivity contribution in [1.29, 1.82) is 0 Å². The Kier molecular flexibility index (Phi) is 15.3. The second kappa shape index (κ2) is 21.6. The Morgan fingerprint density at radius 3 is 2.49 bits per heavy atom. The lowest BCUT2D eigenvalue weighted by Crippen LogP contribution is -2.52. The number of carbonyl (C=O) groups is 5. The quantitative estimate of drug-likeness (QED) is 0.0860. The number of benzene rings is 1. The average molecular weight is 827 g/mol. The highest BCUT2D eigenvalue weighted by molar-refractivity contribution is 6.05. The zero-order chi connectivity index (χ0) is 42.4. The summed E-state index contributed by atoms with van der Waals surface area (Å²) in [5.74, 6) is 7.21. The van der Waals surface area contributed by atoms with E-state index in [4.69, 9.17) is 4.98 Å². The van der Waals surface area contributed by atoms with Gasteiger partial charge in [0, 0.05) is 101 Å². The van der Waals surface area contributed by atoms with Gasteiger partial charge >= 0.3 is 0 Å². The van der Waals surface area contributed by atoms with Crippen molar-refractivity contribution in [2.24, 2.45) is 5.92 Å². The second-order valence-corrected chi connectivity index (χ2v) is 16.6. The number of hydrogen-bond donors (Lipinski definition) is 2. The molecule has 7 rings (SSSR count). The maximum Gasteiger partial charge on any atom is 0.255 e. The number of nitrogens with one attached hydrogen (secondary N) is 2. The zero-order valence-electron chi connectivity index (χ0n) is 35.2. The molecule has 3 aromatic rings. The van der Waals surface area contributed by atoms with E-state index in [1.165, 1.54) is 6.42 Å². The van der Waals surface area contributed by atoms with Crippen LogP contribution in [0.1, 0.15) is 114 Å². The highest BCUT2D eigenvalue weighted by Gasteiger charge is 2.39. The van der Waals surface area contributed by atoms with E-state index >= 15 is 0 Å². The molecule has 1 atom stereocenters. The number of anilines is 1. The van der Waals surface area contributed by atoms with Gasteiger partial charge in [0.2, 0.25) is 17.7 Å². The van der Waals surface area contributed by atoms with Crippen LogP contribution in [0.15, 0.2) is 67.1 Å². The summed E-state index contributed by atoms with van der Waals surface area (Å²) in [6.45, 7) is 7.50. The SMILES string of the molecule is O=C(/C=C/c1cccnc1)NCCCCC1CCN(C(=O)c2ccc(N3CCN(CCCCCCC#Cc4ccc5c(c4)CN(C4CCC(=O)NC4=O)C5=O)CC3)nc2)CC1. The molecule has 320 valence electrons. The van der Waals surface area contributed by atoms with Gasteiger partial charge in [-0.3, -0.25) is 39.2 Å². The predicted octanol–water partition coefficient (Wildman–Crippen LogP) is 5.21. The lowest BCUT2D eigenvalue weighted by molar-refractivity contribution is -0.137. The number of amides is 5. The van der Waals surface area contributed by atoms with E-state index in [2.05, 4.69) is 37.3 Å². The fourth-order valence-electron chi connectivity index (χ4n) is 8.70. The highest BCUT2D eigenvalue weighted by Crippen LogP contribution is 2.28. The van der Waals surface area contributed by atoms with Gasteiger partial charge < -0.3 is 20.0 Å². The Balaban J connectivity index is 0.717. The third-order valence-electron chi connectivity index (χ3n) is 12.3. The molecule has 0 spiro atoms. The number of carbonyl (C=O) groups excluding carboxylic acids is 5. The van der Waals surface area contributed by atoms with Crippen LogP contribution in [0.2, 0.25) is 0 Å². The lowest BCUT2D eigenvalue weighted by atomic mass is 9.91. The van der Waals surface area contributed by atoms with Crippen molar-refractivity contribution < 1.29 is 24.0 Å². The maximum atomic E-state index is 13.3. The van der Waals surface area contributed by atoms with Crippen LogP contribution < -0.4 is 15.5 Å². The van der Waals surface area contributed by atoms with Crippen LogP contribution in [-0.4, -0.2) is 113 Å². The topological polar surface area (TPSA) is 148 Å². The molecule has 4 aliphatic heterocycles. The standard InChI is InChI=1S/C48H58N8O5/c57-44(19-14-38-12-9-23-49-33-38)50-24-7-6-10-36-21-26-55(27-22-36)47(60)39-15-18-43(51-34-39)54-30-28-53(29-31-54)25-8-4-2-1-3-5-11-37-13-16-41-40(32-37)35-56(48(41)61)42-17-20-45(58)52-46(42)59/h9,12-16,18-19,23,32-34,36,42H,1-4,6-8,10,17,20-22,24-31,35H2,(H,50,57)(H,52,58,59)/b19-14+. The highest BCUT2D eigenvalue weighted by atomic mass is 16.2. The zero-order valence-corrected chi connectivity index (χ0v) is 35.2. The lowest BCUT2D eigenvalue weighted by Gasteiger charge is -2.35. The van der Waals surface area contributed by atoms with E-state index in [0.29, 0.717) is 36.6 Å². The summed E-state index contributed by atoms with van der Waals surface area (Å²) in [4.78, 5) is 79.3. The molecule has 3 saturated heterocycles. The predicted molar refractivity (Wildman–Crippen MR) is 234 cm³/mol. The number of nitrogens with zero attached hydrogens (tertiary/aromatic N) is 6. The van der Waals surface area contributed by atoms with Crippen LogP contribution in [0, 0.1) is 17.8 Å². The molecule has 2 aromatic heterocycles. The van der Waals surface area contributed by atoms with Gasteiger partial charge in [0.25, 0.3) is 11.8 Å². The smallest absolute Gasteiger partial charge is 0.255 e. The van der Waals surface area contributed by atoms with Gasteiger partial charge in [-0.2, -0.15) is 0 Å². The first-order chi connectivity index (χ1) is 29.8. The molecule has 1 aromatic carbocycles. The monoisotopic (exact) mass is 826 g/mol. The molecular weight excluding hydrogens is 769 g/mol. The first kappa shape index (κ1) is 43.2. The van der Waals surface area contributed by atoms with Gasteiger partial charge in [-0.1, -0.05) is 43.6 Å². The minimum absolute atomic E-state index is 0.0656. The van der Waals surface area contributed by atoms with Gasteiger partial charge in [-0.25, -0.2) is 4.98 Å². The minimum Gasteiger partial charge on any atom is -0.354 e. The van der Waals surface area contributed by atoms with Gasteiger partial charge in [-0.05, 0) is 105 Å². The number of rotatable bonds is 16. The number of piperazine rings is 1.